The number of hydrogen-bond donors (Lipinski definition) is 0. The van der Waals surface area contributed by atoms with Gasteiger partial charge in [0.1, 0.15) is 6.10 Å². The fourth-order valence-corrected chi connectivity index (χ4v) is 2.79. The van der Waals surface area contributed by atoms with Crippen LogP contribution in [-0.4, -0.2) is 16.3 Å². The second kappa shape index (κ2) is 9.50. The van der Waals surface area contributed by atoms with E-state index in [0.717, 1.165) is 36.1 Å². The van der Waals surface area contributed by atoms with Gasteiger partial charge in [-0.05, 0) is 38.0 Å². The van der Waals surface area contributed by atoms with Gasteiger partial charge >= 0.3 is 5.97 Å². The van der Waals surface area contributed by atoms with Gasteiger partial charge in [0.2, 0.25) is 0 Å². The molecule has 1 aromatic carbocycles. The number of aryl methyl sites for hydroxylation is 1. The Morgan fingerprint density at radius 1 is 1.29 bits per heavy atom. The molecule has 1 rings (SSSR count). The van der Waals surface area contributed by atoms with Crippen LogP contribution >= 0.6 is 0 Å². The third-order valence-corrected chi connectivity index (χ3v) is 4.22. The molecule has 0 N–H and O–H groups in total. The number of rotatable bonds is 8. The Balaban J connectivity index is 2.64. The first-order valence-electron chi connectivity index (χ1n) is 7.35. The summed E-state index contributed by atoms with van der Waals surface area (Å²) in [6, 6.07) is 7.58. The van der Waals surface area contributed by atoms with Gasteiger partial charge in [0.25, 0.3) is 0 Å². The minimum Gasteiger partial charge on any atom is -0.458 e. The van der Waals surface area contributed by atoms with Crippen molar-refractivity contribution in [2.45, 2.75) is 57.5 Å². The van der Waals surface area contributed by atoms with E-state index in [-0.39, 0.29) is 12.1 Å². The second-order valence-electron chi connectivity index (χ2n) is 5.08. The molecule has 0 fully saturated rings. The fourth-order valence-electron chi connectivity index (χ4n) is 1.91. The van der Waals surface area contributed by atoms with E-state index in [4.69, 9.17) is 4.74 Å². The van der Waals surface area contributed by atoms with E-state index < -0.39 is 10.8 Å². The summed E-state index contributed by atoms with van der Waals surface area (Å²) in [6.07, 6.45) is 5.44. The molecule has 0 saturated carbocycles. The monoisotopic (exact) mass is 308 g/mol. The zero-order chi connectivity index (χ0) is 15.7. The molecule has 0 aliphatic carbocycles. The SMILES string of the molecule is CCCCC[C@@H](/C=C/S(=O)c1ccc(C)cc1)OC(C)=O. The maximum absolute atomic E-state index is 12.2. The Kier molecular flexibility index (Phi) is 7.98. The minimum atomic E-state index is -1.21. The molecule has 1 unspecified atom stereocenters. The molecule has 0 bridgehead atoms. The average Bonchev–Trinajstić information content (AvgIpc) is 2.44. The lowest BCUT2D eigenvalue weighted by atomic mass is 10.1. The average molecular weight is 308 g/mol. The van der Waals surface area contributed by atoms with Gasteiger partial charge in [-0.15, -0.1) is 0 Å². The van der Waals surface area contributed by atoms with Gasteiger partial charge in [-0.3, -0.25) is 4.79 Å². The summed E-state index contributed by atoms with van der Waals surface area (Å²) in [7, 11) is -1.21. The zero-order valence-electron chi connectivity index (χ0n) is 13.0. The lowest BCUT2D eigenvalue weighted by Crippen LogP contribution is -2.13. The Morgan fingerprint density at radius 2 is 1.95 bits per heavy atom. The molecule has 0 saturated heterocycles. The van der Waals surface area contributed by atoms with Crippen LogP contribution in [0, 0.1) is 6.92 Å². The Bertz CT molecular complexity index is 491. The van der Waals surface area contributed by atoms with E-state index in [0.29, 0.717) is 0 Å². The quantitative estimate of drug-likeness (QED) is 0.536. The Hall–Kier alpha value is -1.42. The fraction of sp³-hybridized carbons (Fsp3) is 0.471. The largest absolute Gasteiger partial charge is 0.458 e. The Labute approximate surface area is 129 Å². The smallest absolute Gasteiger partial charge is 0.303 e. The predicted molar refractivity (Wildman–Crippen MR) is 86.4 cm³/mol. The highest BCUT2D eigenvalue weighted by Crippen LogP contribution is 2.12. The van der Waals surface area contributed by atoms with E-state index in [1.165, 1.54) is 6.92 Å². The molecular weight excluding hydrogens is 284 g/mol. The number of benzene rings is 1. The normalized spacial score (nSPS) is 14.0. The van der Waals surface area contributed by atoms with Crippen molar-refractivity contribution in [3.8, 4) is 0 Å². The molecular formula is C17H24O3S. The second-order valence-corrected chi connectivity index (χ2v) is 6.42. The number of unbranched alkanes of at least 4 members (excludes halogenated alkanes) is 2. The maximum atomic E-state index is 12.2. The molecule has 116 valence electrons. The summed E-state index contributed by atoms with van der Waals surface area (Å²) in [6.45, 7) is 5.52. The number of carbonyl (C=O) groups is 1. The topological polar surface area (TPSA) is 43.4 Å². The van der Waals surface area contributed by atoms with Gasteiger partial charge < -0.3 is 4.74 Å². The van der Waals surface area contributed by atoms with E-state index in [1.54, 1.807) is 11.5 Å². The van der Waals surface area contributed by atoms with Gasteiger partial charge in [-0.2, -0.15) is 0 Å². The summed E-state index contributed by atoms with van der Waals surface area (Å²) >= 11 is 0. The first-order valence-corrected chi connectivity index (χ1v) is 8.57. The number of ether oxygens (including phenoxy) is 1. The molecule has 0 amide bonds. The van der Waals surface area contributed by atoms with Crippen molar-refractivity contribution < 1.29 is 13.7 Å². The molecule has 0 aliphatic heterocycles. The van der Waals surface area contributed by atoms with Gasteiger partial charge in [0, 0.05) is 17.2 Å². The lowest BCUT2D eigenvalue weighted by molar-refractivity contribution is -0.144. The van der Waals surface area contributed by atoms with Crippen molar-refractivity contribution in [3.63, 3.8) is 0 Å². The van der Waals surface area contributed by atoms with Crippen LogP contribution in [0.4, 0.5) is 0 Å². The van der Waals surface area contributed by atoms with Crippen LogP contribution in [0.2, 0.25) is 0 Å². The van der Waals surface area contributed by atoms with Crippen LogP contribution in [-0.2, 0) is 20.3 Å². The molecule has 0 aliphatic rings. The number of hydrogen-bond acceptors (Lipinski definition) is 3. The van der Waals surface area contributed by atoms with Crippen LogP contribution < -0.4 is 0 Å². The molecule has 3 nitrogen and oxygen atoms in total. The third-order valence-electron chi connectivity index (χ3n) is 3.08. The number of carbonyl (C=O) groups excluding carboxylic acids is 1. The summed E-state index contributed by atoms with van der Waals surface area (Å²) in [5, 5.41) is 1.62. The summed E-state index contributed by atoms with van der Waals surface area (Å²) < 4.78 is 17.4. The standard InChI is InChI=1S/C17H24O3S/c1-4-5-6-7-16(20-15(3)18)12-13-21(19)17-10-8-14(2)9-11-17/h8-13,16H,4-7H2,1-3H3/b13-12+/t16-,21?/m0/s1. The van der Waals surface area contributed by atoms with Crippen LogP contribution in [0.3, 0.4) is 0 Å². The molecule has 0 radical (unpaired) electrons. The molecule has 0 heterocycles. The van der Waals surface area contributed by atoms with E-state index >= 15 is 0 Å². The van der Waals surface area contributed by atoms with E-state index in [9.17, 15) is 9.00 Å². The van der Waals surface area contributed by atoms with E-state index in [2.05, 4.69) is 6.92 Å². The number of esters is 1. The highest BCUT2D eigenvalue weighted by atomic mass is 32.2. The molecule has 0 spiro atoms. The first-order chi connectivity index (χ1) is 10.0. The van der Waals surface area contributed by atoms with Gasteiger partial charge in [0.05, 0.1) is 10.8 Å². The summed E-state index contributed by atoms with van der Waals surface area (Å²) in [5.41, 5.74) is 1.14. The highest BCUT2D eigenvalue weighted by Gasteiger charge is 2.09. The van der Waals surface area contributed by atoms with Crippen molar-refractivity contribution >= 4 is 16.8 Å². The maximum Gasteiger partial charge on any atom is 0.303 e. The van der Waals surface area contributed by atoms with Crippen LogP contribution in [0.25, 0.3) is 0 Å². The van der Waals surface area contributed by atoms with Crippen molar-refractivity contribution in [2.75, 3.05) is 0 Å². The lowest BCUT2D eigenvalue weighted by Gasteiger charge is -2.12. The Morgan fingerprint density at radius 3 is 2.52 bits per heavy atom. The third kappa shape index (κ3) is 7.23. The van der Waals surface area contributed by atoms with Crippen LogP contribution in [0.1, 0.15) is 45.1 Å². The van der Waals surface area contributed by atoms with Crippen molar-refractivity contribution in [1.82, 2.24) is 0 Å². The van der Waals surface area contributed by atoms with Crippen LogP contribution in [0.15, 0.2) is 40.6 Å². The summed E-state index contributed by atoms with van der Waals surface area (Å²) in [5.74, 6) is -0.303. The first kappa shape index (κ1) is 17.6. The zero-order valence-corrected chi connectivity index (χ0v) is 13.8. The van der Waals surface area contributed by atoms with Gasteiger partial charge in [-0.25, -0.2) is 4.21 Å². The van der Waals surface area contributed by atoms with Crippen molar-refractivity contribution in [2.24, 2.45) is 0 Å². The van der Waals surface area contributed by atoms with E-state index in [1.807, 2.05) is 31.2 Å². The van der Waals surface area contributed by atoms with Crippen molar-refractivity contribution in [1.29, 1.82) is 0 Å². The molecule has 4 heteroatoms. The van der Waals surface area contributed by atoms with Gasteiger partial charge in [0.15, 0.2) is 0 Å². The summed E-state index contributed by atoms with van der Waals surface area (Å²) in [4.78, 5) is 11.9. The molecule has 0 aromatic heterocycles. The van der Waals surface area contributed by atoms with Crippen LogP contribution in [0.5, 0.6) is 0 Å². The van der Waals surface area contributed by atoms with Gasteiger partial charge in [-0.1, -0.05) is 37.5 Å². The predicted octanol–water partition coefficient (Wildman–Crippen LogP) is 4.13. The molecule has 1 aromatic rings. The molecule has 2 atom stereocenters. The molecule has 21 heavy (non-hydrogen) atoms. The van der Waals surface area contributed by atoms with Crippen molar-refractivity contribution in [3.05, 3.63) is 41.3 Å². The highest BCUT2D eigenvalue weighted by molar-refractivity contribution is 7.88. The minimum absolute atomic E-state index is 0.288.